The van der Waals surface area contributed by atoms with Gasteiger partial charge in [0.15, 0.2) is 0 Å². The molecule has 0 aliphatic heterocycles. The number of hydrogen-bond acceptors (Lipinski definition) is 0. The van der Waals surface area contributed by atoms with E-state index in [1.807, 2.05) is 12.1 Å². The Morgan fingerprint density at radius 2 is 1.00 bits per heavy atom. The number of hydrogen-bond donors (Lipinski definition) is 0. The Kier molecular flexibility index (Phi) is 4.51. The molecule has 0 aliphatic rings. The van der Waals surface area contributed by atoms with Crippen molar-refractivity contribution < 1.29 is 4.39 Å². The summed E-state index contributed by atoms with van der Waals surface area (Å²) in [6.07, 6.45) is 0. The standard InChI is InChI=1S/C24H25F/c1-14-9-16(3)23(17(4)10-14)20-7-8-21(22(25)13-20)24-18(5)11-15(2)12-19(24)6/h7-13H,1-6H3. The summed E-state index contributed by atoms with van der Waals surface area (Å²) in [6.45, 7) is 12.5. The third kappa shape index (κ3) is 3.24. The van der Waals surface area contributed by atoms with Crippen molar-refractivity contribution >= 4 is 0 Å². The quantitative estimate of drug-likeness (QED) is 0.473. The van der Waals surface area contributed by atoms with Crippen molar-refractivity contribution in [2.45, 2.75) is 41.5 Å². The van der Waals surface area contributed by atoms with Gasteiger partial charge in [-0.25, -0.2) is 4.39 Å². The first kappa shape index (κ1) is 17.4. The molecule has 3 rings (SSSR count). The Bertz CT molecular complexity index is 918. The van der Waals surface area contributed by atoms with Crippen LogP contribution in [0.3, 0.4) is 0 Å². The van der Waals surface area contributed by atoms with Crippen molar-refractivity contribution in [3.8, 4) is 22.3 Å². The largest absolute Gasteiger partial charge is 0.206 e. The zero-order valence-electron chi connectivity index (χ0n) is 15.9. The maximum Gasteiger partial charge on any atom is 0.131 e. The van der Waals surface area contributed by atoms with Crippen molar-refractivity contribution in [1.82, 2.24) is 0 Å². The Labute approximate surface area is 150 Å². The summed E-state index contributed by atoms with van der Waals surface area (Å²) >= 11 is 0. The first-order valence-electron chi connectivity index (χ1n) is 8.74. The van der Waals surface area contributed by atoms with Crippen LogP contribution in [0, 0.1) is 47.4 Å². The summed E-state index contributed by atoms with van der Waals surface area (Å²) in [5, 5.41) is 0. The van der Waals surface area contributed by atoms with E-state index < -0.39 is 0 Å². The minimum absolute atomic E-state index is 0.160. The Hall–Kier alpha value is -2.41. The molecule has 0 heterocycles. The maximum atomic E-state index is 15.0. The molecule has 0 nitrogen and oxygen atoms in total. The fourth-order valence-corrected chi connectivity index (χ4v) is 4.11. The van der Waals surface area contributed by atoms with Gasteiger partial charge in [-0.3, -0.25) is 0 Å². The molecule has 0 amide bonds. The highest BCUT2D eigenvalue weighted by atomic mass is 19.1. The third-order valence-corrected chi connectivity index (χ3v) is 4.88. The monoisotopic (exact) mass is 332 g/mol. The highest BCUT2D eigenvalue weighted by Crippen LogP contribution is 2.35. The molecule has 0 aromatic heterocycles. The molecule has 0 aliphatic carbocycles. The molecule has 0 atom stereocenters. The number of benzene rings is 3. The normalized spacial score (nSPS) is 11.0. The molecule has 0 spiro atoms. The van der Waals surface area contributed by atoms with Crippen LogP contribution in [0.1, 0.15) is 33.4 Å². The second-order valence-corrected chi connectivity index (χ2v) is 7.24. The van der Waals surface area contributed by atoms with Crippen LogP contribution in [-0.4, -0.2) is 0 Å². The highest BCUT2D eigenvalue weighted by Gasteiger charge is 2.14. The molecule has 0 bridgehead atoms. The van der Waals surface area contributed by atoms with Gasteiger partial charge in [0.25, 0.3) is 0 Å². The number of rotatable bonds is 2. The zero-order valence-corrected chi connectivity index (χ0v) is 15.9. The average Bonchev–Trinajstić information content (AvgIpc) is 2.47. The molecule has 0 saturated carbocycles. The van der Waals surface area contributed by atoms with Crippen LogP contribution >= 0.6 is 0 Å². The Morgan fingerprint density at radius 1 is 0.560 bits per heavy atom. The van der Waals surface area contributed by atoms with E-state index in [9.17, 15) is 0 Å². The van der Waals surface area contributed by atoms with E-state index in [-0.39, 0.29) is 5.82 Å². The van der Waals surface area contributed by atoms with Gasteiger partial charge in [0, 0.05) is 5.56 Å². The van der Waals surface area contributed by atoms with E-state index >= 15 is 4.39 Å². The van der Waals surface area contributed by atoms with Crippen LogP contribution < -0.4 is 0 Å². The van der Waals surface area contributed by atoms with Crippen LogP contribution in [-0.2, 0) is 0 Å². The van der Waals surface area contributed by atoms with Gasteiger partial charge < -0.3 is 0 Å². The van der Waals surface area contributed by atoms with Gasteiger partial charge in [-0.1, -0.05) is 47.5 Å². The number of halogens is 1. The minimum Gasteiger partial charge on any atom is -0.206 e. The Morgan fingerprint density at radius 3 is 1.44 bits per heavy atom. The molecule has 1 heteroatoms. The predicted octanol–water partition coefficient (Wildman–Crippen LogP) is 7.01. The molecular formula is C24H25F. The second kappa shape index (κ2) is 6.48. The van der Waals surface area contributed by atoms with E-state index in [4.69, 9.17) is 0 Å². The van der Waals surface area contributed by atoms with E-state index in [0.717, 1.165) is 27.8 Å². The van der Waals surface area contributed by atoms with E-state index in [1.54, 1.807) is 6.07 Å². The topological polar surface area (TPSA) is 0 Å². The van der Waals surface area contributed by atoms with Crippen LogP contribution in [0.5, 0.6) is 0 Å². The van der Waals surface area contributed by atoms with Gasteiger partial charge in [-0.05, 0) is 86.6 Å². The van der Waals surface area contributed by atoms with Gasteiger partial charge in [0.05, 0.1) is 0 Å². The van der Waals surface area contributed by atoms with Crippen molar-refractivity contribution in [1.29, 1.82) is 0 Å². The second-order valence-electron chi connectivity index (χ2n) is 7.24. The first-order chi connectivity index (χ1) is 11.8. The maximum absolute atomic E-state index is 15.0. The third-order valence-electron chi connectivity index (χ3n) is 4.88. The lowest BCUT2D eigenvalue weighted by Gasteiger charge is -2.15. The van der Waals surface area contributed by atoms with E-state index in [2.05, 4.69) is 65.8 Å². The van der Waals surface area contributed by atoms with Crippen molar-refractivity contribution in [2.75, 3.05) is 0 Å². The molecule has 25 heavy (non-hydrogen) atoms. The lowest BCUT2D eigenvalue weighted by molar-refractivity contribution is 0.631. The van der Waals surface area contributed by atoms with Crippen LogP contribution in [0.4, 0.5) is 4.39 Å². The highest BCUT2D eigenvalue weighted by molar-refractivity contribution is 5.77. The van der Waals surface area contributed by atoms with E-state index in [0.29, 0.717) is 5.56 Å². The van der Waals surface area contributed by atoms with Crippen molar-refractivity contribution in [3.63, 3.8) is 0 Å². The average molecular weight is 332 g/mol. The van der Waals surface area contributed by atoms with Gasteiger partial charge in [0.1, 0.15) is 5.82 Å². The smallest absolute Gasteiger partial charge is 0.131 e. The lowest BCUT2D eigenvalue weighted by atomic mass is 9.90. The summed E-state index contributed by atoms with van der Waals surface area (Å²) < 4.78 is 15.0. The first-order valence-corrected chi connectivity index (χ1v) is 8.74. The summed E-state index contributed by atoms with van der Waals surface area (Å²) in [7, 11) is 0. The molecule has 3 aromatic carbocycles. The molecule has 0 fully saturated rings. The molecular weight excluding hydrogens is 307 g/mol. The molecule has 0 radical (unpaired) electrons. The SMILES string of the molecule is Cc1cc(C)c(-c2ccc(-c3c(C)cc(C)cc3C)c(F)c2)c(C)c1. The fourth-order valence-electron chi connectivity index (χ4n) is 4.11. The van der Waals surface area contributed by atoms with Crippen LogP contribution in [0.25, 0.3) is 22.3 Å². The van der Waals surface area contributed by atoms with Gasteiger partial charge in [0.2, 0.25) is 0 Å². The fraction of sp³-hybridized carbons (Fsp3) is 0.250. The van der Waals surface area contributed by atoms with Crippen molar-refractivity contribution in [3.05, 3.63) is 81.7 Å². The zero-order chi connectivity index (χ0) is 18.3. The summed E-state index contributed by atoms with van der Waals surface area (Å²) in [4.78, 5) is 0. The van der Waals surface area contributed by atoms with Crippen LogP contribution in [0.2, 0.25) is 0 Å². The predicted molar refractivity (Wildman–Crippen MR) is 106 cm³/mol. The number of aryl methyl sites for hydroxylation is 6. The summed E-state index contributed by atoms with van der Waals surface area (Å²) in [5.41, 5.74) is 10.8. The van der Waals surface area contributed by atoms with Gasteiger partial charge in [-0.15, -0.1) is 0 Å². The minimum atomic E-state index is -0.160. The molecule has 128 valence electrons. The lowest BCUT2D eigenvalue weighted by Crippen LogP contribution is -1.95. The van der Waals surface area contributed by atoms with E-state index in [1.165, 1.54) is 22.3 Å². The molecule has 0 unspecified atom stereocenters. The van der Waals surface area contributed by atoms with Crippen LogP contribution in [0.15, 0.2) is 42.5 Å². The van der Waals surface area contributed by atoms with Crippen molar-refractivity contribution in [2.24, 2.45) is 0 Å². The molecule has 3 aromatic rings. The molecule has 0 saturated heterocycles. The summed E-state index contributed by atoms with van der Waals surface area (Å²) in [6, 6.07) is 14.2. The Balaban J connectivity index is 2.15. The molecule has 0 N–H and O–H groups in total. The van der Waals surface area contributed by atoms with Gasteiger partial charge >= 0.3 is 0 Å². The summed E-state index contributed by atoms with van der Waals surface area (Å²) in [5.74, 6) is -0.160. The van der Waals surface area contributed by atoms with Gasteiger partial charge in [-0.2, -0.15) is 0 Å².